The molecule has 1 aliphatic rings. The molecule has 1 fully saturated rings. The molecule has 0 unspecified atom stereocenters. The Bertz CT molecular complexity index is 461. The average Bonchev–Trinajstić information content (AvgIpc) is 2.21. The lowest BCUT2D eigenvalue weighted by atomic mass is 9.99. The molecule has 0 aliphatic carbocycles. The molecule has 2 N–H and O–H groups in total. The molecule has 0 spiro atoms. The molecule has 2 heterocycles. The van der Waals surface area contributed by atoms with E-state index in [0.29, 0.717) is 13.1 Å². The molecule has 2 rings (SSSR count). The van der Waals surface area contributed by atoms with Gasteiger partial charge in [0.2, 0.25) is 5.91 Å². The zero-order chi connectivity index (χ0) is 13.3. The van der Waals surface area contributed by atoms with Gasteiger partial charge in [-0.05, 0) is 12.1 Å². The first-order valence-electron chi connectivity index (χ1n) is 5.40. The van der Waals surface area contributed by atoms with Crippen LogP contribution in [0.25, 0.3) is 0 Å². The van der Waals surface area contributed by atoms with Crippen LogP contribution in [-0.2, 0) is 17.5 Å². The molecule has 0 aromatic carbocycles. The number of nitrogens with zero attached hydrogens (tertiary/aromatic N) is 2. The van der Waals surface area contributed by atoms with Crippen molar-refractivity contribution >= 4 is 18.3 Å². The molecular weight excluding hydrogens is 283 g/mol. The van der Waals surface area contributed by atoms with Crippen LogP contribution in [0.2, 0.25) is 0 Å². The van der Waals surface area contributed by atoms with Crippen molar-refractivity contribution in [3.63, 3.8) is 0 Å². The summed E-state index contributed by atoms with van der Waals surface area (Å²) in [5.41, 5.74) is 4.34. The quantitative estimate of drug-likeness (QED) is 0.918. The molecule has 0 bridgehead atoms. The highest BCUT2D eigenvalue weighted by molar-refractivity contribution is 5.85. The Hall–Kier alpha value is -1.34. The van der Waals surface area contributed by atoms with Gasteiger partial charge < -0.3 is 5.73 Å². The number of aromatic nitrogens is 1. The van der Waals surface area contributed by atoms with E-state index in [2.05, 4.69) is 4.98 Å². The first kappa shape index (κ1) is 15.7. The third-order valence-corrected chi connectivity index (χ3v) is 2.93. The number of halogens is 4. The van der Waals surface area contributed by atoms with Crippen molar-refractivity contribution < 1.29 is 18.0 Å². The number of primary amides is 1. The average molecular weight is 296 g/mol. The second kappa shape index (κ2) is 5.75. The van der Waals surface area contributed by atoms with Crippen LogP contribution in [0, 0.1) is 5.92 Å². The van der Waals surface area contributed by atoms with E-state index in [1.54, 1.807) is 4.90 Å². The van der Waals surface area contributed by atoms with Gasteiger partial charge in [-0.25, -0.2) is 0 Å². The lowest BCUT2D eigenvalue weighted by molar-refractivity contribution is -0.139. The van der Waals surface area contributed by atoms with Crippen molar-refractivity contribution in [2.45, 2.75) is 12.7 Å². The largest absolute Gasteiger partial charge is 0.418 e. The molecule has 19 heavy (non-hydrogen) atoms. The minimum absolute atomic E-state index is 0. The summed E-state index contributed by atoms with van der Waals surface area (Å²) in [6, 6.07) is 2.27. The van der Waals surface area contributed by atoms with Gasteiger partial charge in [-0.3, -0.25) is 14.7 Å². The third kappa shape index (κ3) is 3.57. The number of hydrogen-bond donors (Lipinski definition) is 1. The number of carbonyl (C=O) groups excluding carboxylic acids is 1. The summed E-state index contributed by atoms with van der Waals surface area (Å²) >= 11 is 0. The molecule has 1 aliphatic heterocycles. The van der Waals surface area contributed by atoms with Gasteiger partial charge in [0.1, 0.15) is 0 Å². The molecular formula is C11H13ClF3N3O. The van der Waals surface area contributed by atoms with Crippen LogP contribution in [0.4, 0.5) is 13.2 Å². The summed E-state index contributed by atoms with van der Waals surface area (Å²) in [4.78, 5) is 16.3. The van der Waals surface area contributed by atoms with E-state index in [0.717, 1.165) is 6.07 Å². The second-order valence-electron chi connectivity index (χ2n) is 4.29. The molecule has 0 saturated carbocycles. The molecule has 4 nitrogen and oxygen atoms in total. The van der Waals surface area contributed by atoms with Crippen molar-refractivity contribution in [1.82, 2.24) is 9.88 Å². The number of amides is 1. The van der Waals surface area contributed by atoms with E-state index >= 15 is 0 Å². The number of rotatable bonds is 3. The number of carbonyl (C=O) groups is 1. The van der Waals surface area contributed by atoms with Crippen LogP contribution < -0.4 is 5.73 Å². The van der Waals surface area contributed by atoms with Crippen LogP contribution in [0.1, 0.15) is 11.3 Å². The second-order valence-corrected chi connectivity index (χ2v) is 4.29. The predicted molar refractivity (Wildman–Crippen MR) is 64.4 cm³/mol. The zero-order valence-corrected chi connectivity index (χ0v) is 10.7. The first-order valence-corrected chi connectivity index (χ1v) is 5.40. The standard InChI is InChI=1S/C11H12F3N3O.ClH/c12-11(13,14)8-2-1-3-16-9(8)6-17-4-7(5-17)10(15)18;/h1-3,7H,4-6H2,(H2,15,18);1H. The summed E-state index contributed by atoms with van der Waals surface area (Å²) in [6.45, 7) is 0.867. The highest BCUT2D eigenvalue weighted by Gasteiger charge is 2.36. The SMILES string of the molecule is Cl.NC(=O)C1CN(Cc2ncccc2C(F)(F)F)C1. The van der Waals surface area contributed by atoms with Crippen molar-refractivity contribution in [2.75, 3.05) is 13.1 Å². The molecule has 1 amide bonds. The third-order valence-electron chi connectivity index (χ3n) is 2.93. The van der Waals surface area contributed by atoms with Crippen molar-refractivity contribution in [2.24, 2.45) is 11.7 Å². The van der Waals surface area contributed by atoms with Crippen LogP contribution in [0.3, 0.4) is 0 Å². The molecule has 0 atom stereocenters. The topological polar surface area (TPSA) is 59.2 Å². The summed E-state index contributed by atoms with van der Waals surface area (Å²) in [5, 5.41) is 0. The fraction of sp³-hybridized carbons (Fsp3) is 0.455. The Labute approximate surface area is 114 Å². The van der Waals surface area contributed by atoms with E-state index in [4.69, 9.17) is 5.73 Å². The monoisotopic (exact) mass is 295 g/mol. The first-order chi connectivity index (χ1) is 8.38. The minimum atomic E-state index is -4.41. The summed E-state index contributed by atoms with van der Waals surface area (Å²) < 4.78 is 38.1. The minimum Gasteiger partial charge on any atom is -0.369 e. The predicted octanol–water partition coefficient (Wildman–Crippen LogP) is 1.44. The molecule has 1 aromatic rings. The Morgan fingerprint density at radius 1 is 1.47 bits per heavy atom. The van der Waals surface area contributed by atoms with Crippen molar-refractivity contribution in [3.05, 3.63) is 29.6 Å². The number of nitrogens with two attached hydrogens (primary N) is 1. The lowest BCUT2D eigenvalue weighted by Crippen LogP contribution is -2.52. The smallest absolute Gasteiger partial charge is 0.369 e. The van der Waals surface area contributed by atoms with E-state index in [9.17, 15) is 18.0 Å². The summed E-state index contributed by atoms with van der Waals surface area (Å²) in [7, 11) is 0. The Morgan fingerprint density at radius 3 is 2.63 bits per heavy atom. The van der Waals surface area contributed by atoms with Gasteiger partial charge in [-0.2, -0.15) is 13.2 Å². The van der Waals surface area contributed by atoms with Gasteiger partial charge in [0, 0.05) is 25.8 Å². The highest BCUT2D eigenvalue weighted by atomic mass is 35.5. The molecule has 1 aromatic heterocycles. The highest BCUT2D eigenvalue weighted by Crippen LogP contribution is 2.32. The van der Waals surface area contributed by atoms with Crippen LogP contribution in [-0.4, -0.2) is 28.9 Å². The molecule has 1 saturated heterocycles. The van der Waals surface area contributed by atoms with E-state index < -0.39 is 17.6 Å². The lowest BCUT2D eigenvalue weighted by Gasteiger charge is -2.37. The van der Waals surface area contributed by atoms with Gasteiger partial charge in [-0.1, -0.05) is 0 Å². The molecule has 8 heteroatoms. The van der Waals surface area contributed by atoms with Crippen LogP contribution in [0.15, 0.2) is 18.3 Å². The van der Waals surface area contributed by atoms with Crippen LogP contribution >= 0.6 is 12.4 Å². The van der Waals surface area contributed by atoms with Gasteiger partial charge >= 0.3 is 6.18 Å². The van der Waals surface area contributed by atoms with Crippen LogP contribution in [0.5, 0.6) is 0 Å². The van der Waals surface area contributed by atoms with Crippen molar-refractivity contribution in [1.29, 1.82) is 0 Å². The zero-order valence-electron chi connectivity index (χ0n) is 9.85. The van der Waals surface area contributed by atoms with Gasteiger partial charge in [0.25, 0.3) is 0 Å². The maximum absolute atomic E-state index is 12.7. The van der Waals surface area contributed by atoms with Crippen molar-refractivity contribution in [3.8, 4) is 0 Å². The Morgan fingerprint density at radius 2 is 2.11 bits per heavy atom. The normalized spacial score (nSPS) is 16.6. The van der Waals surface area contributed by atoms with E-state index in [-0.39, 0.29) is 30.6 Å². The van der Waals surface area contributed by atoms with Gasteiger partial charge in [0.15, 0.2) is 0 Å². The maximum atomic E-state index is 12.7. The number of pyridine rings is 1. The molecule has 0 radical (unpaired) electrons. The Balaban J connectivity index is 0.00000180. The van der Waals surface area contributed by atoms with E-state index in [1.165, 1.54) is 12.3 Å². The van der Waals surface area contributed by atoms with Gasteiger partial charge in [0.05, 0.1) is 17.2 Å². The number of likely N-dealkylation sites (tertiary alicyclic amines) is 1. The summed E-state index contributed by atoms with van der Waals surface area (Å²) in [5.74, 6) is -0.675. The number of alkyl halides is 3. The Kier molecular flexibility index (Phi) is 4.75. The summed E-state index contributed by atoms with van der Waals surface area (Å²) in [6.07, 6.45) is -3.08. The maximum Gasteiger partial charge on any atom is 0.418 e. The number of hydrogen-bond acceptors (Lipinski definition) is 3. The van der Waals surface area contributed by atoms with E-state index in [1.807, 2.05) is 0 Å². The molecule has 106 valence electrons. The fourth-order valence-electron chi connectivity index (χ4n) is 1.91. The van der Waals surface area contributed by atoms with Gasteiger partial charge in [-0.15, -0.1) is 12.4 Å². The fourth-order valence-corrected chi connectivity index (χ4v) is 1.91.